The maximum Gasteiger partial charge on any atom is 0.121 e. The topological polar surface area (TPSA) is 31.9 Å². The third kappa shape index (κ3) is 2.83. The number of fused-ring (bicyclic) bond motifs is 1. The van der Waals surface area contributed by atoms with Crippen molar-refractivity contribution in [3.8, 4) is 0 Å². The van der Waals surface area contributed by atoms with Crippen molar-refractivity contribution in [1.82, 2.24) is 14.9 Å². The SMILES string of the molecule is CN(Cc1ccccc1)Cc1nc2ccccc2[nH]1. The fourth-order valence-corrected chi connectivity index (χ4v) is 2.29. The quantitative estimate of drug-likeness (QED) is 0.772. The summed E-state index contributed by atoms with van der Waals surface area (Å²) in [4.78, 5) is 10.2. The van der Waals surface area contributed by atoms with Gasteiger partial charge in [-0.25, -0.2) is 4.98 Å². The second-order valence-corrected chi connectivity index (χ2v) is 4.86. The van der Waals surface area contributed by atoms with Gasteiger partial charge in [0.2, 0.25) is 0 Å². The summed E-state index contributed by atoms with van der Waals surface area (Å²) in [6, 6.07) is 18.6. The zero-order chi connectivity index (χ0) is 13.1. The van der Waals surface area contributed by atoms with Crippen molar-refractivity contribution in [3.63, 3.8) is 0 Å². The van der Waals surface area contributed by atoms with Gasteiger partial charge in [-0.05, 0) is 24.7 Å². The summed E-state index contributed by atoms with van der Waals surface area (Å²) in [6.45, 7) is 1.75. The zero-order valence-corrected chi connectivity index (χ0v) is 11.0. The summed E-state index contributed by atoms with van der Waals surface area (Å²) >= 11 is 0. The van der Waals surface area contributed by atoms with Gasteiger partial charge in [0.1, 0.15) is 5.82 Å². The molecule has 0 saturated heterocycles. The molecule has 0 unspecified atom stereocenters. The highest BCUT2D eigenvalue weighted by Gasteiger charge is 2.05. The molecule has 0 spiro atoms. The van der Waals surface area contributed by atoms with Gasteiger partial charge < -0.3 is 4.98 Å². The molecule has 1 N–H and O–H groups in total. The number of benzene rings is 2. The van der Waals surface area contributed by atoms with Crippen LogP contribution in [-0.4, -0.2) is 21.9 Å². The molecule has 96 valence electrons. The lowest BCUT2D eigenvalue weighted by molar-refractivity contribution is 0.312. The van der Waals surface area contributed by atoms with Gasteiger partial charge in [0.05, 0.1) is 17.6 Å². The van der Waals surface area contributed by atoms with Crippen molar-refractivity contribution in [3.05, 3.63) is 66.0 Å². The maximum absolute atomic E-state index is 4.60. The van der Waals surface area contributed by atoms with E-state index in [1.54, 1.807) is 0 Å². The van der Waals surface area contributed by atoms with Gasteiger partial charge in [-0.15, -0.1) is 0 Å². The van der Waals surface area contributed by atoms with Crippen LogP contribution < -0.4 is 0 Å². The molecule has 0 saturated carbocycles. The van der Waals surface area contributed by atoms with Crippen molar-refractivity contribution in [2.75, 3.05) is 7.05 Å². The first-order chi connectivity index (χ1) is 9.31. The maximum atomic E-state index is 4.60. The second kappa shape index (κ2) is 5.24. The Bertz CT molecular complexity index is 625. The van der Waals surface area contributed by atoms with E-state index in [1.165, 1.54) is 5.56 Å². The molecule has 0 aliphatic heterocycles. The van der Waals surface area contributed by atoms with Crippen molar-refractivity contribution in [2.45, 2.75) is 13.1 Å². The van der Waals surface area contributed by atoms with E-state index in [-0.39, 0.29) is 0 Å². The summed E-state index contributed by atoms with van der Waals surface area (Å²) < 4.78 is 0. The Morgan fingerprint density at radius 2 is 1.68 bits per heavy atom. The normalized spacial score (nSPS) is 11.3. The average molecular weight is 251 g/mol. The van der Waals surface area contributed by atoms with Crippen LogP contribution in [0.1, 0.15) is 11.4 Å². The van der Waals surface area contributed by atoms with E-state index in [9.17, 15) is 0 Å². The number of nitrogens with one attached hydrogen (secondary N) is 1. The van der Waals surface area contributed by atoms with E-state index < -0.39 is 0 Å². The Balaban J connectivity index is 1.70. The molecule has 1 aromatic heterocycles. The molecule has 0 amide bonds. The van der Waals surface area contributed by atoms with Crippen LogP contribution in [0.15, 0.2) is 54.6 Å². The lowest BCUT2D eigenvalue weighted by Crippen LogP contribution is -2.17. The third-order valence-corrected chi connectivity index (χ3v) is 3.15. The number of hydrogen-bond donors (Lipinski definition) is 1. The molecule has 0 atom stereocenters. The molecule has 0 aliphatic carbocycles. The molecule has 0 fully saturated rings. The molecule has 0 radical (unpaired) electrons. The highest BCUT2D eigenvalue weighted by molar-refractivity contribution is 5.74. The van der Waals surface area contributed by atoms with Crippen LogP contribution in [0.5, 0.6) is 0 Å². The van der Waals surface area contributed by atoms with Crippen molar-refractivity contribution < 1.29 is 0 Å². The minimum atomic E-state index is 0.823. The van der Waals surface area contributed by atoms with Crippen molar-refractivity contribution >= 4 is 11.0 Å². The fraction of sp³-hybridized carbons (Fsp3) is 0.188. The van der Waals surface area contributed by atoms with Gasteiger partial charge in [-0.3, -0.25) is 4.90 Å². The van der Waals surface area contributed by atoms with Gasteiger partial charge in [0, 0.05) is 6.54 Å². The number of imidazole rings is 1. The first-order valence-corrected chi connectivity index (χ1v) is 6.47. The predicted molar refractivity (Wildman–Crippen MR) is 77.7 cm³/mol. The van der Waals surface area contributed by atoms with Crippen LogP contribution in [0.2, 0.25) is 0 Å². The van der Waals surface area contributed by atoms with Gasteiger partial charge in [-0.2, -0.15) is 0 Å². The molecule has 3 aromatic rings. The van der Waals surface area contributed by atoms with Crippen LogP contribution in [0, 0.1) is 0 Å². The summed E-state index contributed by atoms with van der Waals surface area (Å²) in [5, 5.41) is 0. The molecule has 19 heavy (non-hydrogen) atoms. The van der Waals surface area contributed by atoms with E-state index >= 15 is 0 Å². The monoisotopic (exact) mass is 251 g/mol. The largest absolute Gasteiger partial charge is 0.341 e. The summed E-state index contributed by atoms with van der Waals surface area (Å²) in [5.41, 5.74) is 3.46. The summed E-state index contributed by atoms with van der Waals surface area (Å²) in [7, 11) is 2.11. The molecule has 3 rings (SSSR count). The van der Waals surface area contributed by atoms with Crippen LogP contribution in [-0.2, 0) is 13.1 Å². The van der Waals surface area contributed by atoms with Gasteiger partial charge in [0.25, 0.3) is 0 Å². The highest BCUT2D eigenvalue weighted by atomic mass is 15.1. The van der Waals surface area contributed by atoms with Gasteiger partial charge in [-0.1, -0.05) is 42.5 Å². The Labute approximate surface area is 112 Å². The van der Waals surface area contributed by atoms with Crippen LogP contribution >= 0.6 is 0 Å². The molecule has 2 aromatic carbocycles. The smallest absolute Gasteiger partial charge is 0.121 e. The number of rotatable bonds is 4. The van der Waals surface area contributed by atoms with Crippen LogP contribution in [0.3, 0.4) is 0 Å². The van der Waals surface area contributed by atoms with E-state index in [4.69, 9.17) is 0 Å². The molecular formula is C16H17N3. The number of para-hydroxylation sites is 2. The van der Waals surface area contributed by atoms with E-state index in [1.807, 2.05) is 24.3 Å². The molecule has 3 heteroatoms. The Kier molecular flexibility index (Phi) is 3.29. The highest BCUT2D eigenvalue weighted by Crippen LogP contribution is 2.12. The predicted octanol–water partition coefficient (Wildman–Crippen LogP) is 3.19. The second-order valence-electron chi connectivity index (χ2n) is 4.86. The molecule has 0 bridgehead atoms. The van der Waals surface area contributed by atoms with E-state index in [0.29, 0.717) is 0 Å². The standard InChI is InChI=1S/C16H17N3/c1-19(11-13-7-3-2-4-8-13)12-16-17-14-9-5-6-10-15(14)18-16/h2-10H,11-12H2,1H3,(H,17,18). The number of H-pyrrole nitrogens is 1. The Morgan fingerprint density at radius 3 is 2.47 bits per heavy atom. The lowest BCUT2D eigenvalue weighted by atomic mass is 10.2. The first kappa shape index (κ1) is 11.9. The van der Waals surface area contributed by atoms with E-state index in [2.05, 4.69) is 52.2 Å². The van der Waals surface area contributed by atoms with E-state index in [0.717, 1.165) is 29.9 Å². The van der Waals surface area contributed by atoms with Crippen LogP contribution in [0.25, 0.3) is 11.0 Å². The summed E-state index contributed by atoms with van der Waals surface area (Å²) in [6.07, 6.45) is 0. The molecule has 3 nitrogen and oxygen atoms in total. The van der Waals surface area contributed by atoms with Crippen LogP contribution in [0.4, 0.5) is 0 Å². The number of aromatic amines is 1. The lowest BCUT2D eigenvalue weighted by Gasteiger charge is -2.14. The Morgan fingerprint density at radius 1 is 0.947 bits per heavy atom. The van der Waals surface area contributed by atoms with Gasteiger partial charge in [0.15, 0.2) is 0 Å². The van der Waals surface area contributed by atoms with Gasteiger partial charge >= 0.3 is 0 Å². The number of aromatic nitrogens is 2. The zero-order valence-electron chi connectivity index (χ0n) is 11.0. The number of hydrogen-bond acceptors (Lipinski definition) is 2. The van der Waals surface area contributed by atoms with Crippen molar-refractivity contribution in [1.29, 1.82) is 0 Å². The van der Waals surface area contributed by atoms with Crippen molar-refractivity contribution in [2.24, 2.45) is 0 Å². The summed E-state index contributed by atoms with van der Waals surface area (Å²) in [5.74, 6) is 1.01. The Hall–Kier alpha value is -2.13. The molecular weight excluding hydrogens is 234 g/mol. The first-order valence-electron chi connectivity index (χ1n) is 6.47. The molecule has 1 heterocycles. The average Bonchev–Trinajstić information content (AvgIpc) is 2.81. The minimum Gasteiger partial charge on any atom is -0.341 e. The molecule has 0 aliphatic rings. The third-order valence-electron chi connectivity index (χ3n) is 3.15. The fourth-order valence-electron chi connectivity index (χ4n) is 2.29. The minimum absolute atomic E-state index is 0.823. The number of nitrogens with zero attached hydrogens (tertiary/aromatic N) is 2.